The van der Waals surface area contributed by atoms with Gasteiger partial charge in [0, 0.05) is 24.2 Å². The van der Waals surface area contributed by atoms with Gasteiger partial charge in [0.1, 0.15) is 5.69 Å². The molecule has 3 rings (SSSR count). The van der Waals surface area contributed by atoms with Gasteiger partial charge in [0.25, 0.3) is 0 Å². The molecule has 0 aliphatic carbocycles. The summed E-state index contributed by atoms with van der Waals surface area (Å²) in [5.74, 6) is 0. The van der Waals surface area contributed by atoms with E-state index in [0.717, 1.165) is 17.0 Å². The van der Waals surface area contributed by atoms with Crippen molar-refractivity contribution in [3.05, 3.63) is 66.1 Å². The van der Waals surface area contributed by atoms with Crippen LogP contribution >= 0.6 is 30.4 Å². The molecule has 0 aliphatic rings. The Labute approximate surface area is 150 Å². The third-order valence-electron chi connectivity index (χ3n) is 2.73. The fourth-order valence-electron chi connectivity index (χ4n) is 1.88. The van der Waals surface area contributed by atoms with Crippen molar-refractivity contribution in [2.24, 2.45) is 0 Å². The van der Waals surface area contributed by atoms with Crippen LogP contribution in [-0.4, -0.2) is 15.0 Å². The zero-order valence-corrected chi connectivity index (χ0v) is 15.6. The van der Waals surface area contributed by atoms with Gasteiger partial charge in [-0.1, -0.05) is 17.7 Å². The molecule has 0 atom stereocenters. The molecule has 0 fully saturated rings. The monoisotopic (exact) mass is 532 g/mol. The van der Waals surface area contributed by atoms with E-state index in [4.69, 9.17) is 30.4 Å². The molecule has 22 heavy (non-hydrogen) atoms. The molecular weight excluding hydrogens is 524 g/mol. The first kappa shape index (κ1) is 17.4. The Morgan fingerprint density at radius 2 is 1.36 bits per heavy atom. The minimum atomic E-state index is -0.472. The minimum absolute atomic E-state index is 0.472. The molecule has 0 bridgehead atoms. The van der Waals surface area contributed by atoms with Gasteiger partial charge in [0.05, 0.1) is 16.4 Å². The van der Waals surface area contributed by atoms with Crippen LogP contribution in [0.5, 0.6) is 0 Å². The van der Waals surface area contributed by atoms with Gasteiger partial charge in [-0.2, -0.15) is 0 Å². The molecule has 3 heterocycles. The molecule has 0 N–H and O–H groups in total. The number of hydrogen-bond acceptors (Lipinski definition) is 3. The van der Waals surface area contributed by atoms with E-state index in [0.29, 0.717) is 10.7 Å². The Hall–Kier alpha value is -0.992. The molecule has 0 aromatic carbocycles. The number of rotatable bonds is 2. The predicted octanol–water partition coefficient (Wildman–Crippen LogP) is 5.24. The Bertz CT molecular complexity index is 726. The Morgan fingerprint density at radius 1 is 0.727 bits per heavy atom. The van der Waals surface area contributed by atoms with E-state index in [1.807, 2.05) is 30.3 Å². The van der Waals surface area contributed by atoms with E-state index in [1.165, 1.54) is 0 Å². The summed E-state index contributed by atoms with van der Waals surface area (Å²) in [4.78, 5) is 13.1. The molecule has 0 unspecified atom stereocenters. The molecule has 116 valence electrons. The fourth-order valence-corrected chi connectivity index (χ4v) is 2.09. The Kier molecular flexibility index (Phi) is 7.27. The molecule has 0 saturated heterocycles. The second-order valence-electron chi connectivity index (χ2n) is 3.99. The molecule has 0 saturated carbocycles. The quantitative estimate of drug-likeness (QED) is 0.453. The predicted molar refractivity (Wildman–Crippen MR) is 87.4 cm³/mol. The average molecular weight is 534 g/mol. The summed E-state index contributed by atoms with van der Waals surface area (Å²) in [6.45, 7) is 0. The van der Waals surface area contributed by atoms with Crippen LogP contribution < -0.4 is 0 Å². The van der Waals surface area contributed by atoms with Crippen molar-refractivity contribution >= 4 is 30.4 Å². The standard InChI is InChI=1S/C15H10ClN3.2ClH.Pt/c16-12-6-4-10-19-15(12)14-11(5-3-9-18-14)13-7-1-2-8-17-13;;;/h1-10H;2*1H;/q;;;+2/p-2. The summed E-state index contributed by atoms with van der Waals surface area (Å²) in [6, 6.07) is 13.2. The van der Waals surface area contributed by atoms with Crippen LogP contribution in [0.4, 0.5) is 0 Å². The van der Waals surface area contributed by atoms with Crippen molar-refractivity contribution in [2.45, 2.75) is 0 Å². The van der Waals surface area contributed by atoms with Crippen LogP contribution in [0.3, 0.4) is 0 Å². The number of nitrogens with zero attached hydrogens (tertiary/aromatic N) is 3. The van der Waals surface area contributed by atoms with Gasteiger partial charge in [-0.25, -0.2) is 0 Å². The molecule has 3 aromatic heterocycles. The summed E-state index contributed by atoms with van der Waals surface area (Å²) in [7, 11) is 9.75. The van der Waals surface area contributed by atoms with Gasteiger partial charge in [-0.3, -0.25) is 15.0 Å². The van der Waals surface area contributed by atoms with Crippen LogP contribution in [-0.2, 0) is 16.5 Å². The molecule has 0 amide bonds. The zero-order chi connectivity index (χ0) is 15.8. The third-order valence-corrected chi connectivity index (χ3v) is 3.04. The molecule has 0 spiro atoms. The topological polar surface area (TPSA) is 38.7 Å². The fraction of sp³-hybridized carbons (Fsp3) is 0. The van der Waals surface area contributed by atoms with E-state index in [1.54, 1.807) is 30.7 Å². The molecule has 0 aliphatic heterocycles. The van der Waals surface area contributed by atoms with E-state index in [9.17, 15) is 0 Å². The first-order chi connectivity index (χ1) is 10.8. The molecule has 3 aromatic rings. The van der Waals surface area contributed by atoms with Crippen molar-refractivity contribution < 1.29 is 16.5 Å². The number of aromatic nitrogens is 3. The van der Waals surface area contributed by atoms with Crippen molar-refractivity contribution in [1.29, 1.82) is 0 Å². The summed E-state index contributed by atoms with van der Waals surface area (Å²) in [5.41, 5.74) is 3.19. The van der Waals surface area contributed by atoms with E-state index in [2.05, 4.69) is 15.0 Å². The summed E-state index contributed by atoms with van der Waals surface area (Å²) in [6.07, 6.45) is 5.19. The van der Waals surface area contributed by atoms with Crippen LogP contribution in [0.2, 0.25) is 5.02 Å². The van der Waals surface area contributed by atoms with E-state index in [-0.39, 0.29) is 0 Å². The van der Waals surface area contributed by atoms with Gasteiger partial charge in [-0.15, -0.1) is 0 Å². The first-order valence-electron chi connectivity index (χ1n) is 6.07. The molecule has 3 nitrogen and oxygen atoms in total. The second kappa shape index (κ2) is 9.22. The maximum atomic E-state index is 6.20. The van der Waals surface area contributed by atoms with Gasteiger partial charge in [-0.05, 0) is 36.4 Å². The molecular formula is C15H10Cl3N3Pt. The first-order valence-corrected chi connectivity index (χ1v) is 12.1. The molecule has 7 heteroatoms. The summed E-state index contributed by atoms with van der Waals surface area (Å²) >= 11 is 5.72. The maximum absolute atomic E-state index is 6.20. The van der Waals surface area contributed by atoms with Gasteiger partial charge < -0.3 is 0 Å². The van der Waals surface area contributed by atoms with Crippen molar-refractivity contribution in [3.8, 4) is 22.6 Å². The molecule has 0 radical (unpaired) electrons. The second-order valence-corrected chi connectivity index (χ2v) is 7.68. The Balaban J connectivity index is 0.000000545. The van der Waals surface area contributed by atoms with Crippen molar-refractivity contribution in [1.82, 2.24) is 15.0 Å². The summed E-state index contributed by atoms with van der Waals surface area (Å²) in [5, 5.41) is 0.582. The van der Waals surface area contributed by atoms with Crippen LogP contribution in [0, 0.1) is 0 Å². The van der Waals surface area contributed by atoms with Gasteiger partial charge in [0.2, 0.25) is 0 Å². The zero-order valence-electron chi connectivity index (χ0n) is 11.1. The van der Waals surface area contributed by atoms with E-state index < -0.39 is 16.5 Å². The number of hydrogen-bond donors (Lipinski definition) is 0. The van der Waals surface area contributed by atoms with Crippen LogP contribution in [0.25, 0.3) is 22.6 Å². The normalized spacial score (nSPS) is 9.95. The van der Waals surface area contributed by atoms with Crippen molar-refractivity contribution in [2.75, 3.05) is 0 Å². The SMILES string of the molecule is Clc1cccnc1-c1ncccc1-c1ccccn1.[Cl][Pt][Cl]. The van der Waals surface area contributed by atoms with Gasteiger partial charge in [0.15, 0.2) is 0 Å². The Morgan fingerprint density at radius 3 is 2.00 bits per heavy atom. The average Bonchev–Trinajstić information content (AvgIpc) is 2.57. The number of halogens is 3. The van der Waals surface area contributed by atoms with E-state index >= 15 is 0 Å². The van der Waals surface area contributed by atoms with Crippen LogP contribution in [0.15, 0.2) is 61.1 Å². The third kappa shape index (κ3) is 4.50. The van der Waals surface area contributed by atoms with Gasteiger partial charge >= 0.3 is 35.3 Å². The summed E-state index contributed by atoms with van der Waals surface area (Å²) < 4.78 is 0. The number of pyridine rings is 3. The van der Waals surface area contributed by atoms with Crippen molar-refractivity contribution in [3.63, 3.8) is 0 Å². The van der Waals surface area contributed by atoms with Crippen LogP contribution in [0.1, 0.15) is 0 Å².